The maximum Gasteiger partial charge on any atom is 0.315 e. The quantitative estimate of drug-likeness (QED) is 0.695. The number of amides is 3. The monoisotopic (exact) mass is 469 g/mol. The summed E-state index contributed by atoms with van der Waals surface area (Å²) in [5.74, 6) is 1.58. The van der Waals surface area contributed by atoms with Crippen molar-refractivity contribution in [2.75, 3.05) is 26.3 Å². The zero-order chi connectivity index (χ0) is 22.6. The molecule has 1 aromatic heterocycles. The maximum absolute atomic E-state index is 13.1. The van der Waals surface area contributed by atoms with Crippen LogP contribution in [-0.4, -0.2) is 55.2 Å². The highest BCUT2D eigenvalue weighted by molar-refractivity contribution is 7.17. The highest BCUT2D eigenvalue weighted by Gasteiger charge is 2.26. The van der Waals surface area contributed by atoms with Gasteiger partial charge in [-0.2, -0.15) is 0 Å². The number of likely N-dealkylation sites (tertiary alicyclic amines) is 1. The molecule has 3 aliphatic rings. The maximum atomic E-state index is 13.1. The van der Waals surface area contributed by atoms with Gasteiger partial charge in [-0.25, -0.2) is 4.79 Å². The molecule has 176 valence electrons. The zero-order valence-electron chi connectivity index (χ0n) is 18.8. The lowest BCUT2D eigenvalue weighted by Gasteiger charge is -2.32. The summed E-state index contributed by atoms with van der Waals surface area (Å²) in [7, 11) is 0. The number of ether oxygens (including phenoxy) is 2. The molecule has 2 N–H and O–H groups in total. The van der Waals surface area contributed by atoms with E-state index in [4.69, 9.17) is 9.47 Å². The molecule has 0 spiro atoms. The summed E-state index contributed by atoms with van der Waals surface area (Å²) in [6, 6.07) is 10.2. The Morgan fingerprint density at radius 3 is 2.30 bits per heavy atom. The van der Waals surface area contributed by atoms with Gasteiger partial charge >= 0.3 is 6.03 Å². The number of nitrogens with one attached hydrogen (secondary N) is 2. The highest BCUT2D eigenvalue weighted by atomic mass is 32.1. The minimum atomic E-state index is -0.0611. The van der Waals surface area contributed by atoms with E-state index in [2.05, 4.69) is 10.6 Å². The van der Waals surface area contributed by atoms with Crippen LogP contribution >= 0.6 is 11.3 Å². The Morgan fingerprint density at radius 2 is 1.55 bits per heavy atom. The molecule has 7 nitrogen and oxygen atoms in total. The average molecular weight is 470 g/mol. The van der Waals surface area contributed by atoms with Crippen LogP contribution in [0, 0.1) is 0 Å². The highest BCUT2D eigenvalue weighted by Crippen LogP contribution is 2.37. The summed E-state index contributed by atoms with van der Waals surface area (Å²) in [6.45, 7) is 2.44. The summed E-state index contributed by atoms with van der Waals surface area (Å²) in [5, 5.41) is 6.23. The van der Waals surface area contributed by atoms with Crippen molar-refractivity contribution in [3.8, 4) is 21.9 Å². The van der Waals surface area contributed by atoms with E-state index in [1.807, 2.05) is 35.2 Å². The Hall–Kier alpha value is -2.74. The first-order valence-electron chi connectivity index (χ1n) is 12.0. The van der Waals surface area contributed by atoms with Gasteiger partial charge in [0.25, 0.3) is 5.91 Å². The van der Waals surface area contributed by atoms with Crippen LogP contribution in [-0.2, 0) is 0 Å². The first-order valence-corrected chi connectivity index (χ1v) is 12.8. The molecule has 8 heteroatoms. The molecule has 1 saturated carbocycles. The van der Waals surface area contributed by atoms with Crippen molar-refractivity contribution in [1.82, 2.24) is 15.5 Å². The predicted molar refractivity (Wildman–Crippen MR) is 128 cm³/mol. The minimum Gasteiger partial charge on any atom is -0.486 e. The first-order chi connectivity index (χ1) is 16.2. The number of thiophene rings is 1. The third kappa shape index (κ3) is 5.27. The van der Waals surface area contributed by atoms with E-state index in [1.165, 1.54) is 30.6 Å². The molecular formula is C25H31N3O4S. The van der Waals surface area contributed by atoms with Crippen LogP contribution in [0.1, 0.15) is 54.6 Å². The number of carbonyl (C=O) groups excluding carboxylic acids is 2. The molecule has 1 saturated heterocycles. The number of piperidine rings is 1. The average Bonchev–Trinajstić information content (AvgIpc) is 3.35. The third-order valence-electron chi connectivity index (χ3n) is 6.70. The lowest BCUT2D eigenvalue weighted by atomic mass is 9.96. The first kappa shape index (κ1) is 22.1. The SMILES string of the molecule is O=C(NC1CCCCC1)NC1CCN(C(=O)c2ccc(-c3ccc4c(c3)OCCO4)s2)CC1. The van der Waals surface area contributed by atoms with Gasteiger partial charge in [0.2, 0.25) is 0 Å². The summed E-state index contributed by atoms with van der Waals surface area (Å²) in [6.07, 6.45) is 7.39. The van der Waals surface area contributed by atoms with Crippen LogP contribution in [0.4, 0.5) is 4.79 Å². The second-order valence-electron chi connectivity index (χ2n) is 9.04. The Labute approximate surface area is 198 Å². The van der Waals surface area contributed by atoms with Gasteiger partial charge in [-0.3, -0.25) is 4.79 Å². The van der Waals surface area contributed by atoms with Crippen molar-refractivity contribution in [1.29, 1.82) is 0 Å². The predicted octanol–water partition coefficient (Wildman–Crippen LogP) is 4.42. The van der Waals surface area contributed by atoms with Crippen molar-refractivity contribution < 1.29 is 19.1 Å². The Kier molecular flexibility index (Phi) is 6.71. The van der Waals surface area contributed by atoms with Crippen LogP contribution in [0.5, 0.6) is 11.5 Å². The fourth-order valence-corrected chi connectivity index (χ4v) is 5.82. The van der Waals surface area contributed by atoms with Gasteiger partial charge in [0.05, 0.1) is 4.88 Å². The van der Waals surface area contributed by atoms with Gasteiger partial charge in [0.1, 0.15) is 13.2 Å². The number of benzene rings is 1. The third-order valence-corrected chi connectivity index (χ3v) is 7.82. The number of hydrogen-bond acceptors (Lipinski definition) is 5. The molecule has 5 rings (SSSR count). The summed E-state index contributed by atoms with van der Waals surface area (Å²) < 4.78 is 11.3. The number of nitrogens with zero attached hydrogens (tertiary/aromatic N) is 1. The van der Waals surface area contributed by atoms with Gasteiger partial charge < -0.3 is 25.0 Å². The molecule has 0 radical (unpaired) electrons. The van der Waals surface area contributed by atoms with E-state index in [0.717, 1.165) is 52.5 Å². The number of carbonyl (C=O) groups is 2. The van der Waals surface area contributed by atoms with E-state index < -0.39 is 0 Å². The Morgan fingerprint density at radius 1 is 0.848 bits per heavy atom. The van der Waals surface area contributed by atoms with Crippen LogP contribution in [0.2, 0.25) is 0 Å². The fourth-order valence-electron chi connectivity index (χ4n) is 4.85. The molecule has 2 fully saturated rings. The van der Waals surface area contributed by atoms with Crippen molar-refractivity contribution in [3.05, 3.63) is 35.2 Å². The molecule has 0 unspecified atom stereocenters. The normalized spacial score (nSPS) is 19.2. The standard InChI is InChI=1S/C25H31N3O4S/c29-24(23-9-8-22(33-23)17-6-7-20-21(16-17)32-15-14-31-20)28-12-10-19(11-13-28)27-25(30)26-18-4-2-1-3-5-18/h6-9,16,18-19H,1-5,10-15H2,(H2,26,27,30). The molecule has 1 aromatic carbocycles. The van der Waals surface area contributed by atoms with E-state index in [-0.39, 0.29) is 18.0 Å². The fraction of sp³-hybridized carbons (Fsp3) is 0.520. The number of hydrogen-bond donors (Lipinski definition) is 2. The molecule has 2 aromatic rings. The molecule has 2 aliphatic heterocycles. The van der Waals surface area contributed by atoms with Crippen LogP contribution in [0.25, 0.3) is 10.4 Å². The Balaban J connectivity index is 1.13. The Bertz CT molecular complexity index is 993. The van der Waals surface area contributed by atoms with Crippen LogP contribution in [0.15, 0.2) is 30.3 Å². The zero-order valence-corrected chi connectivity index (χ0v) is 19.6. The summed E-state index contributed by atoms with van der Waals surface area (Å²) >= 11 is 1.50. The molecule has 3 heterocycles. The van der Waals surface area contributed by atoms with E-state index in [0.29, 0.717) is 32.3 Å². The van der Waals surface area contributed by atoms with Crippen LogP contribution < -0.4 is 20.1 Å². The number of fused-ring (bicyclic) bond motifs is 1. The van der Waals surface area contributed by atoms with Gasteiger partial charge in [0, 0.05) is 30.1 Å². The summed E-state index contributed by atoms with van der Waals surface area (Å²) in [5.41, 5.74) is 1.02. The van der Waals surface area contributed by atoms with Crippen LogP contribution in [0.3, 0.4) is 0 Å². The van der Waals surface area contributed by atoms with Crippen molar-refractivity contribution in [2.24, 2.45) is 0 Å². The summed E-state index contributed by atoms with van der Waals surface area (Å²) in [4.78, 5) is 29.1. The minimum absolute atomic E-state index is 0.0611. The largest absolute Gasteiger partial charge is 0.486 e. The van der Waals surface area contributed by atoms with Gasteiger partial charge in [-0.1, -0.05) is 19.3 Å². The van der Waals surface area contributed by atoms with Gasteiger partial charge in [0.15, 0.2) is 11.5 Å². The topological polar surface area (TPSA) is 79.9 Å². The molecule has 0 bridgehead atoms. The second-order valence-corrected chi connectivity index (χ2v) is 10.1. The molecular weight excluding hydrogens is 438 g/mol. The van der Waals surface area contributed by atoms with Crippen molar-refractivity contribution in [3.63, 3.8) is 0 Å². The van der Waals surface area contributed by atoms with E-state index in [1.54, 1.807) is 0 Å². The second kappa shape index (κ2) is 10.0. The number of rotatable bonds is 4. The van der Waals surface area contributed by atoms with Crippen molar-refractivity contribution >= 4 is 23.3 Å². The molecule has 3 amide bonds. The lowest BCUT2D eigenvalue weighted by Crippen LogP contribution is -2.51. The van der Waals surface area contributed by atoms with E-state index in [9.17, 15) is 9.59 Å². The van der Waals surface area contributed by atoms with Gasteiger partial charge in [-0.15, -0.1) is 11.3 Å². The van der Waals surface area contributed by atoms with Gasteiger partial charge in [-0.05, 0) is 61.6 Å². The number of urea groups is 1. The lowest BCUT2D eigenvalue weighted by molar-refractivity contribution is 0.0713. The smallest absolute Gasteiger partial charge is 0.315 e. The molecule has 1 aliphatic carbocycles. The van der Waals surface area contributed by atoms with E-state index >= 15 is 0 Å². The molecule has 33 heavy (non-hydrogen) atoms. The molecule has 0 atom stereocenters. The van der Waals surface area contributed by atoms with Crippen molar-refractivity contribution in [2.45, 2.75) is 57.0 Å².